The first kappa shape index (κ1) is 12.2. The molecule has 2 atom stereocenters. The van der Waals surface area contributed by atoms with Gasteiger partial charge in [-0.3, -0.25) is 4.79 Å². The van der Waals surface area contributed by atoms with Crippen molar-refractivity contribution in [2.45, 2.75) is 44.7 Å². The quantitative estimate of drug-likeness (QED) is 0.786. The number of carbonyl (C=O) groups is 1. The number of nitrogens with one attached hydrogen (secondary N) is 2. The lowest BCUT2D eigenvalue weighted by Crippen LogP contribution is -2.52. The van der Waals surface area contributed by atoms with Crippen molar-refractivity contribution < 1.29 is 4.79 Å². The summed E-state index contributed by atoms with van der Waals surface area (Å²) in [6, 6.07) is 0.381. The first-order chi connectivity index (χ1) is 7.77. The fourth-order valence-electron chi connectivity index (χ4n) is 2.63. The average Bonchev–Trinajstić information content (AvgIpc) is 2.83. The van der Waals surface area contributed by atoms with E-state index in [1.807, 2.05) is 11.8 Å². The molecule has 1 heterocycles. The molecule has 2 aliphatic rings. The minimum atomic E-state index is 0.0302. The second-order valence-electron chi connectivity index (χ2n) is 4.92. The predicted molar refractivity (Wildman–Crippen MR) is 68.7 cm³/mol. The summed E-state index contributed by atoms with van der Waals surface area (Å²) in [6.07, 6.45) is 5.24. The molecule has 1 aliphatic heterocycles. The summed E-state index contributed by atoms with van der Waals surface area (Å²) < 4.78 is 0. The van der Waals surface area contributed by atoms with Gasteiger partial charge >= 0.3 is 0 Å². The minimum Gasteiger partial charge on any atom is -0.352 e. The third kappa shape index (κ3) is 3.14. The Hall–Kier alpha value is -0.220. The molecule has 2 fully saturated rings. The summed E-state index contributed by atoms with van der Waals surface area (Å²) >= 11 is 1.87. The lowest BCUT2D eigenvalue weighted by Gasteiger charge is -2.26. The van der Waals surface area contributed by atoms with Crippen LogP contribution in [0.2, 0.25) is 0 Å². The molecule has 1 aliphatic carbocycles. The van der Waals surface area contributed by atoms with Gasteiger partial charge in [0.1, 0.15) is 0 Å². The predicted octanol–water partition coefficient (Wildman–Crippen LogP) is 1.39. The van der Waals surface area contributed by atoms with Gasteiger partial charge in [0.05, 0.1) is 6.04 Å². The molecule has 4 heteroatoms. The van der Waals surface area contributed by atoms with Crippen LogP contribution in [0.15, 0.2) is 0 Å². The van der Waals surface area contributed by atoms with Crippen molar-refractivity contribution in [2.75, 3.05) is 18.1 Å². The maximum Gasteiger partial charge on any atom is 0.238 e. The normalized spacial score (nSPS) is 28.9. The van der Waals surface area contributed by atoms with Gasteiger partial charge in [-0.15, -0.1) is 0 Å². The Labute approximate surface area is 102 Å². The molecule has 0 aromatic carbocycles. The highest BCUT2D eigenvalue weighted by Crippen LogP contribution is 2.27. The Morgan fingerprint density at radius 1 is 1.44 bits per heavy atom. The fraction of sp³-hybridized carbons (Fsp3) is 0.917. The van der Waals surface area contributed by atoms with Crippen LogP contribution in [0, 0.1) is 5.92 Å². The van der Waals surface area contributed by atoms with Crippen molar-refractivity contribution in [1.82, 2.24) is 10.6 Å². The van der Waals surface area contributed by atoms with E-state index in [1.165, 1.54) is 25.7 Å². The van der Waals surface area contributed by atoms with Gasteiger partial charge in [-0.2, -0.15) is 11.8 Å². The Balaban J connectivity index is 1.76. The number of amides is 1. The van der Waals surface area contributed by atoms with Crippen molar-refractivity contribution in [3.63, 3.8) is 0 Å². The van der Waals surface area contributed by atoms with Crippen LogP contribution in [-0.4, -0.2) is 36.0 Å². The van der Waals surface area contributed by atoms with Gasteiger partial charge in [0.25, 0.3) is 0 Å². The fourth-order valence-corrected chi connectivity index (χ4v) is 3.57. The smallest absolute Gasteiger partial charge is 0.238 e. The molecule has 0 radical (unpaired) electrons. The molecule has 1 saturated carbocycles. The van der Waals surface area contributed by atoms with E-state index >= 15 is 0 Å². The molecule has 1 amide bonds. The summed E-state index contributed by atoms with van der Waals surface area (Å²) in [6.45, 7) is 3.12. The summed E-state index contributed by atoms with van der Waals surface area (Å²) in [5.74, 6) is 2.96. The summed E-state index contributed by atoms with van der Waals surface area (Å²) in [7, 11) is 0. The Kier molecular flexibility index (Phi) is 4.53. The first-order valence-electron chi connectivity index (χ1n) is 6.39. The van der Waals surface area contributed by atoms with Gasteiger partial charge < -0.3 is 10.6 Å². The monoisotopic (exact) mass is 242 g/mol. The molecule has 16 heavy (non-hydrogen) atoms. The van der Waals surface area contributed by atoms with Crippen LogP contribution in [0.4, 0.5) is 0 Å². The van der Waals surface area contributed by atoms with E-state index in [0.29, 0.717) is 12.0 Å². The molecule has 0 aromatic rings. The van der Waals surface area contributed by atoms with E-state index in [4.69, 9.17) is 0 Å². The van der Waals surface area contributed by atoms with E-state index in [9.17, 15) is 4.79 Å². The van der Waals surface area contributed by atoms with E-state index in [-0.39, 0.29) is 11.9 Å². The zero-order valence-electron chi connectivity index (χ0n) is 10.00. The topological polar surface area (TPSA) is 41.1 Å². The van der Waals surface area contributed by atoms with Crippen LogP contribution in [0.1, 0.15) is 32.6 Å². The summed E-state index contributed by atoms with van der Waals surface area (Å²) in [5, 5.41) is 6.46. The minimum absolute atomic E-state index is 0.0302. The van der Waals surface area contributed by atoms with Crippen molar-refractivity contribution in [2.24, 2.45) is 5.92 Å². The zero-order chi connectivity index (χ0) is 11.4. The highest BCUT2D eigenvalue weighted by Gasteiger charge is 2.26. The van der Waals surface area contributed by atoms with Crippen molar-refractivity contribution in [1.29, 1.82) is 0 Å². The molecule has 1 saturated heterocycles. The van der Waals surface area contributed by atoms with Crippen LogP contribution < -0.4 is 10.6 Å². The SMILES string of the molecule is C[C@@H](NC(=O)C1CSCCN1)C1CCCC1. The molecule has 92 valence electrons. The lowest BCUT2D eigenvalue weighted by molar-refractivity contribution is -0.123. The number of hydrogen-bond acceptors (Lipinski definition) is 3. The highest BCUT2D eigenvalue weighted by molar-refractivity contribution is 7.99. The molecule has 2 rings (SSSR count). The Bertz CT molecular complexity index is 235. The standard InChI is InChI=1S/C12H22N2OS/c1-9(10-4-2-3-5-10)14-12(15)11-8-16-7-6-13-11/h9-11,13H,2-8H2,1H3,(H,14,15)/t9-,11?/m1/s1. The molecule has 0 spiro atoms. The second kappa shape index (κ2) is 5.92. The van der Waals surface area contributed by atoms with Crippen molar-refractivity contribution in [3.8, 4) is 0 Å². The van der Waals surface area contributed by atoms with Crippen LogP contribution >= 0.6 is 11.8 Å². The second-order valence-corrected chi connectivity index (χ2v) is 6.07. The summed E-state index contributed by atoms with van der Waals surface area (Å²) in [4.78, 5) is 12.0. The molecule has 3 nitrogen and oxygen atoms in total. The Morgan fingerprint density at radius 3 is 2.81 bits per heavy atom. The molecule has 2 N–H and O–H groups in total. The number of rotatable bonds is 3. The third-order valence-electron chi connectivity index (χ3n) is 3.72. The van der Waals surface area contributed by atoms with Gasteiger partial charge in [0.15, 0.2) is 0 Å². The number of thioether (sulfide) groups is 1. The van der Waals surface area contributed by atoms with Crippen molar-refractivity contribution >= 4 is 17.7 Å². The van der Waals surface area contributed by atoms with Gasteiger partial charge in [0.2, 0.25) is 5.91 Å². The molecular weight excluding hydrogens is 220 g/mol. The van der Waals surface area contributed by atoms with E-state index in [1.54, 1.807) is 0 Å². The molecule has 0 aromatic heterocycles. The van der Waals surface area contributed by atoms with E-state index < -0.39 is 0 Å². The largest absolute Gasteiger partial charge is 0.352 e. The molecule has 0 bridgehead atoms. The van der Waals surface area contributed by atoms with Crippen LogP contribution in [0.5, 0.6) is 0 Å². The molecule has 1 unspecified atom stereocenters. The summed E-state index contributed by atoms with van der Waals surface area (Å²) in [5.41, 5.74) is 0. The molecular formula is C12H22N2OS. The third-order valence-corrected chi connectivity index (χ3v) is 4.78. The van der Waals surface area contributed by atoms with Gasteiger partial charge in [-0.25, -0.2) is 0 Å². The van der Waals surface area contributed by atoms with E-state index in [2.05, 4.69) is 17.6 Å². The van der Waals surface area contributed by atoms with E-state index in [0.717, 1.165) is 18.1 Å². The van der Waals surface area contributed by atoms with Crippen LogP contribution in [0.3, 0.4) is 0 Å². The number of carbonyl (C=O) groups excluding carboxylic acids is 1. The van der Waals surface area contributed by atoms with Gasteiger partial charge in [-0.05, 0) is 25.7 Å². The maximum absolute atomic E-state index is 12.0. The van der Waals surface area contributed by atoms with Gasteiger partial charge in [0, 0.05) is 24.1 Å². The highest BCUT2D eigenvalue weighted by atomic mass is 32.2. The lowest BCUT2D eigenvalue weighted by atomic mass is 9.99. The average molecular weight is 242 g/mol. The van der Waals surface area contributed by atoms with Crippen LogP contribution in [0.25, 0.3) is 0 Å². The Morgan fingerprint density at radius 2 is 2.19 bits per heavy atom. The maximum atomic E-state index is 12.0. The number of hydrogen-bond donors (Lipinski definition) is 2. The zero-order valence-corrected chi connectivity index (χ0v) is 10.8. The van der Waals surface area contributed by atoms with Crippen molar-refractivity contribution in [3.05, 3.63) is 0 Å². The van der Waals surface area contributed by atoms with Crippen LogP contribution in [-0.2, 0) is 4.79 Å². The van der Waals surface area contributed by atoms with Gasteiger partial charge in [-0.1, -0.05) is 12.8 Å². The first-order valence-corrected chi connectivity index (χ1v) is 7.54.